The van der Waals surface area contributed by atoms with Gasteiger partial charge in [0.15, 0.2) is 0 Å². The van der Waals surface area contributed by atoms with Crippen molar-refractivity contribution in [1.29, 1.82) is 0 Å². The van der Waals surface area contributed by atoms with E-state index in [1.165, 1.54) is 0 Å². The lowest BCUT2D eigenvalue weighted by molar-refractivity contribution is -0.156. The third-order valence-corrected chi connectivity index (χ3v) is 4.94. The van der Waals surface area contributed by atoms with Crippen LogP contribution in [0.4, 0.5) is 5.69 Å². The molecule has 0 bridgehead atoms. The second-order valence-corrected chi connectivity index (χ2v) is 8.22. The molecule has 126 valence electrons. The van der Waals surface area contributed by atoms with Gasteiger partial charge in [-0.15, -0.1) is 0 Å². The maximum Gasteiger partial charge on any atom is 0.313 e. The van der Waals surface area contributed by atoms with Gasteiger partial charge >= 0.3 is 11.8 Å². The Hall–Kier alpha value is -1.40. The molecule has 3 N–H and O–H groups in total. The van der Waals surface area contributed by atoms with Crippen molar-refractivity contribution in [3.63, 3.8) is 0 Å². The summed E-state index contributed by atoms with van der Waals surface area (Å²) in [5.74, 6) is -1.16. The van der Waals surface area contributed by atoms with Gasteiger partial charge in [0.25, 0.3) is 0 Å². The highest BCUT2D eigenvalue weighted by atomic mass is 79.9. The summed E-state index contributed by atoms with van der Waals surface area (Å²) in [6.07, 6.45) is 1.34. The molecule has 1 aromatic rings. The number of nitrogens with one attached hydrogen (secondary N) is 1. The van der Waals surface area contributed by atoms with Gasteiger partial charge in [0.1, 0.15) is 0 Å². The molecular formula is C17H24BrN3O2. The summed E-state index contributed by atoms with van der Waals surface area (Å²) in [6, 6.07) is 7.24. The van der Waals surface area contributed by atoms with Gasteiger partial charge in [-0.3, -0.25) is 9.59 Å². The monoisotopic (exact) mass is 381 g/mol. The van der Waals surface area contributed by atoms with E-state index >= 15 is 0 Å². The van der Waals surface area contributed by atoms with Crippen LogP contribution in [0.2, 0.25) is 0 Å². The normalized spacial score (nSPS) is 20.2. The van der Waals surface area contributed by atoms with Crippen LogP contribution < -0.4 is 11.1 Å². The van der Waals surface area contributed by atoms with E-state index in [2.05, 4.69) is 21.2 Å². The number of likely N-dealkylation sites (tertiary alicyclic amines) is 1. The van der Waals surface area contributed by atoms with Gasteiger partial charge < -0.3 is 16.0 Å². The number of amides is 2. The predicted molar refractivity (Wildman–Crippen MR) is 95.0 cm³/mol. The first-order valence-electron chi connectivity index (χ1n) is 7.70. The van der Waals surface area contributed by atoms with Crippen molar-refractivity contribution in [2.24, 2.45) is 5.73 Å². The molecule has 6 heteroatoms. The fraction of sp³-hybridized carbons (Fsp3) is 0.529. The van der Waals surface area contributed by atoms with Crippen molar-refractivity contribution in [3.8, 4) is 0 Å². The molecule has 23 heavy (non-hydrogen) atoms. The average Bonchev–Trinajstić information content (AvgIpc) is 2.37. The summed E-state index contributed by atoms with van der Waals surface area (Å²) in [4.78, 5) is 27.0. The Morgan fingerprint density at radius 2 is 1.70 bits per heavy atom. The summed E-state index contributed by atoms with van der Waals surface area (Å²) in [5, 5.41) is 2.69. The van der Waals surface area contributed by atoms with Crippen molar-refractivity contribution in [2.75, 3.05) is 5.32 Å². The molecule has 0 radical (unpaired) electrons. The fourth-order valence-corrected chi connectivity index (χ4v) is 4.13. The molecule has 0 aliphatic carbocycles. The highest BCUT2D eigenvalue weighted by molar-refractivity contribution is 9.10. The van der Waals surface area contributed by atoms with E-state index in [0.29, 0.717) is 18.5 Å². The zero-order valence-electron chi connectivity index (χ0n) is 14.0. The number of halogens is 1. The third-order valence-electron chi connectivity index (χ3n) is 4.25. The standard InChI is InChI=1S/C17H24BrN3O2/c1-16(2)9-11(19)10-17(3,4)21(16)15(23)14(22)20-13-8-6-5-7-12(13)18/h5-8,11H,9-10,19H2,1-4H3,(H,20,22). The van der Waals surface area contributed by atoms with Crippen LogP contribution >= 0.6 is 15.9 Å². The van der Waals surface area contributed by atoms with Gasteiger partial charge in [-0.1, -0.05) is 12.1 Å². The number of hydrogen-bond acceptors (Lipinski definition) is 3. The van der Waals surface area contributed by atoms with Crippen molar-refractivity contribution in [2.45, 2.75) is 57.7 Å². The molecule has 1 aliphatic rings. The van der Waals surface area contributed by atoms with Crippen LogP contribution in [-0.2, 0) is 9.59 Å². The summed E-state index contributed by atoms with van der Waals surface area (Å²) < 4.78 is 0.736. The number of anilines is 1. The number of hydrogen-bond donors (Lipinski definition) is 2. The molecular weight excluding hydrogens is 358 g/mol. The lowest BCUT2D eigenvalue weighted by atomic mass is 9.77. The smallest absolute Gasteiger partial charge is 0.313 e. The molecule has 1 aliphatic heterocycles. The van der Waals surface area contributed by atoms with E-state index in [1.54, 1.807) is 17.0 Å². The Morgan fingerprint density at radius 3 is 2.22 bits per heavy atom. The Labute approximate surface area is 145 Å². The minimum absolute atomic E-state index is 0.0235. The maximum atomic E-state index is 12.8. The molecule has 1 heterocycles. The molecule has 0 atom stereocenters. The van der Waals surface area contributed by atoms with E-state index in [-0.39, 0.29) is 6.04 Å². The average molecular weight is 382 g/mol. The molecule has 1 saturated heterocycles. The zero-order valence-corrected chi connectivity index (χ0v) is 15.6. The lowest BCUT2D eigenvalue weighted by Gasteiger charge is -2.54. The van der Waals surface area contributed by atoms with Gasteiger partial charge in [-0.2, -0.15) is 0 Å². The van der Waals surface area contributed by atoms with E-state index in [9.17, 15) is 9.59 Å². The minimum atomic E-state index is -0.631. The molecule has 5 nitrogen and oxygen atoms in total. The van der Waals surface area contributed by atoms with E-state index < -0.39 is 22.9 Å². The van der Waals surface area contributed by atoms with Gasteiger partial charge in [-0.25, -0.2) is 0 Å². The van der Waals surface area contributed by atoms with Gasteiger partial charge in [0, 0.05) is 21.6 Å². The van der Waals surface area contributed by atoms with Crippen LogP contribution in [0.1, 0.15) is 40.5 Å². The Bertz CT molecular complexity index is 610. The van der Waals surface area contributed by atoms with Crippen LogP contribution in [0.3, 0.4) is 0 Å². The van der Waals surface area contributed by atoms with E-state index in [1.807, 2.05) is 39.8 Å². The number of benzene rings is 1. The molecule has 1 fully saturated rings. The van der Waals surface area contributed by atoms with Crippen LogP contribution in [0, 0.1) is 0 Å². The number of carbonyl (C=O) groups is 2. The number of nitrogens with zero attached hydrogens (tertiary/aromatic N) is 1. The van der Waals surface area contributed by atoms with Crippen LogP contribution in [0.15, 0.2) is 28.7 Å². The number of rotatable bonds is 1. The summed E-state index contributed by atoms with van der Waals surface area (Å²) >= 11 is 3.37. The Morgan fingerprint density at radius 1 is 1.17 bits per heavy atom. The lowest BCUT2D eigenvalue weighted by Crippen LogP contribution is -2.66. The highest BCUT2D eigenvalue weighted by Crippen LogP contribution is 2.38. The predicted octanol–water partition coefficient (Wildman–Crippen LogP) is 2.89. The highest BCUT2D eigenvalue weighted by Gasteiger charge is 2.48. The summed E-state index contributed by atoms with van der Waals surface area (Å²) in [7, 11) is 0. The van der Waals surface area contributed by atoms with Crippen molar-refractivity contribution in [3.05, 3.63) is 28.7 Å². The number of piperidine rings is 1. The van der Waals surface area contributed by atoms with Crippen LogP contribution in [0.25, 0.3) is 0 Å². The van der Waals surface area contributed by atoms with Crippen LogP contribution in [0.5, 0.6) is 0 Å². The quantitative estimate of drug-likeness (QED) is 0.734. The third kappa shape index (κ3) is 3.75. The Balaban J connectivity index is 2.24. The van der Waals surface area contributed by atoms with Crippen molar-refractivity contribution >= 4 is 33.4 Å². The molecule has 2 rings (SSSR count). The second-order valence-electron chi connectivity index (χ2n) is 7.37. The maximum absolute atomic E-state index is 12.8. The first-order chi connectivity index (χ1) is 10.5. The number of carbonyl (C=O) groups excluding carboxylic acids is 2. The van der Waals surface area contributed by atoms with Crippen molar-refractivity contribution in [1.82, 2.24) is 4.90 Å². The fourth-order valence-electron chi connectivity index (χ4n) is 3.75. The second kappa shape index (κ2) is 6.24. The first kappa shape index (κ1) is 17.9. The minimum Gasteiger partial charge on any atom is -0.328 e. The molecule has 0 saturated carbocycles. The first-order valence-corrected chi connectivity index (χ1v) is 8.50. The molecule has 0 aromatic heterocycles. The van der Waals surface area contributed by atoms with E-state index in [4.69, 9.17) is 5.73 Å². The number of para-hydroxylation sites is 1. The molecule has 2 amide bonds. The van der Waals surface area contributed by atoms with Gasteiger partial charge in [0.05, 0.1) is 5.69 Å². The summed E-state index contributed by atoms with van der Waals surface area (Å²) in [5.41, 5.74) is 5.76. The van der Waals surface area contributed by atoms with Gasteiger partial charge in [0.2, 0.25) is 0 Å². The molecule has 0 spiro atoms. The molecule has 1 aromatic carbocycles. The largest absolute Gasteiger partial charge is 0.328 e. The zero-order chi connectivity index (χ0) is 17.4. The van der Waals surface area contributed by atoms with E-state index in [0.717, 1.165) is 4.47 Å². The van der Waals surface area contributed by atoms with Crippen molar-refractivity contribution < 1.29 is 9.59 Å². The molecule has 0 unspecified atom stereocenters. The Kier molecular flexibility index (Phi) is 4.87. The van der Waals surface area contributed by atoms with Gasteiger partial charge in [-0.05, 0) is 68.6 Å². The summed E-state index contributed by atoms with van der Waals surface area (Å²) in [6.45, 7) is 7.82. The SMILES string of the molecule is CC1(C)CC(N)CC(C)(C)N1C(=O)C(=O)Nc1ccccc1Br. The number of nitrogens with two attached hydrogens (primary N) is 1. The topological polar surface area (TPSA) is 75.4 Å². The van der Waals surface area contributed by atoms with Crippen LogP contribution in [-0.4, -0.2) is 33.8 Å².